The fourth-order valence-electron chi connectivity index (χ4n) is 9.58. The SMILES string of the molecule is CC1(C)c2ccccc2-c2c(-c3c4ccccc4c(-c4ccc(-c5cccc6ccccc56)cc4)c4ccc(-c5ccc6ccccc6c5)cc34)cccc21. The molecule has 0 spiro atoms. The monoisotopic (exact) mass is 698 g/mol. The van der Waals surface area contributed by atoms with Crippen molar-refractivity contribution < 1.29 is 0 Å². The van der Waals surface area contributed by atoms with Gasteiger partial charge in [0, 0.05) is 5.41 Å². The zero-order valence-corrected chi connectivity index (χ0v) is 31.0. The van der Waals surface area contributed by atoms with E-state index >= 15 is 0 Å². The minimum Gasteiger partial charge on any atom is -0.0619 e. The first kappa shape index (κ1) is 31.7. The Morgan fingerprint density at radius 3 is 1.64 bits per heavy atom. The van der Waals surface area contributed by atoms with Crippen LogP contribution in [-0.2, 0) is 5.41 Å². The number of benzene rings is 10. The van der Waals surface area contributed by atoms with Gasteiger partial charge in [0.05, 0.1) is 0 Å². The fraction of sp³-hybridized carbons (Fsp3) is 0.0545. The van der Waals surface area contributed by atoms with E-state index in [-0.39, 0.29) is 5.41 Å². The Labute approximate surface area is 322 Å². The third-order valence-electron chi connectivity index (χ3n) is 12.3. The molecular weight excluding hydrogens is 661 g/mol. The van der Waals surface area contributed by atoms with Gasteiger partial charge in [0.15, 0.2) is 0 Å². The summed E-state index contributed by atoms with van der Waals surface area (Å²) >= 11 is 0. The lowest BCUT2D eigenvalue weighted by molar-refractivity contribution is 0.660. The van der Waals surface area contributed by atoms with E-state index in [1.807, 2.05) is 0 Å². The molecule has 0 fully saturated rings. The van der Waals surface area contributed by atoms with Gasteiger partial charge in [0.1, 0.15) is 0 Å². The van der Waals surface area contributed by atoms with Crippen molar-refractivity contribution in [1.29, 1.82) is 0 Å². The molecule has 1 aliphatic rings. The standard InChI is InChI=1S/C55H38/c1-55(2)50-23-10-9-20-47(50)54-48(22-12-24-51(54)55)53-45-19-8-7-18-44(45)52(38-28-26-37(27-29-38)43-21-11-16-36-14-5-6-17-42(36)43)46-32-31-41(34-49(46)53)40-30-25-35-13-3-4-15-39(35)33-40/h3-34H,1-2H3. The van der Waals surface area contributed by atoms with Crippen LogP contribution in [0.5, 0.6) is 0 Å². The Morgan fingerprint density at radius 1 is 0.273 bits per heavy atom. The highest BCUT2D eigenvalue weighted by atomic mass is 14.4. The molecule has 0 aromatic heterocycles. The van der Waals surface area contributed by atoms with Gasteiger partial charge < -0.3 is 0 Å². The summed E-state index contributed by atoms with van der Waals surface area (Å²) in [6.45, 7) is 4.75. The fourth-order valence-corrected chi connectivity index (χ4v) is 9.58. The van der Waals surface area contributed by atoms with Gasteiger partial charge in [0.25, 0.3) is 0 Å². The molecule has 10 aromatic rings. The second-order valence-corrected chi connectivity index (χ2v) is 15.6. The quantitative estimate of drug-likeness (QED) is 0.161. The summed E-state index contributed by atoms with van der Waals surface area (Å²) < 4.78 is 0. The summed E-state index contributed by atoms with van der Waals surface area (Å²) in [4.78, 5) is 0. The summed E-state index contributed by atoms with van der Waals surface area (Å²) in [6, 6.07) is 72.3. The van der Waals surface area contributed by atoms with Crippen LogP contribution in [0, 0.1) is 0 Å². The second-order valence-electron chi connectivity index (χ2n) is 15.6. The van der Waals surface area contributed by atoms with Crippen molar-refractivity contribution in [3.63, 3.8) is 0 Å². The largest absolute Gasteiger partial charge is 0.0619 e. The van der Waals surface area contributed by atoms with Crippen molar-refractivity contribution in [2.24, 2.45) is 0 Å². The average molecular weight is 699 g/mol. The average Bonchev–Trinajstić information content (AvgIpc) is 3.48. The van der Waals surface area contributed by atoms with Gasteiger partial charge in [0.2, 0.25) is 0 Å². The highest BCUT2D eigenvalue weighted by molar-refractivity contribution is 6.23. The Bertz CT molecular complexity index is 3150. The van der Waals surface area contributed by atoms with E-state index in [0.717, 1.165) is 0 Å². The number of fused-ring (bicyclic) bond motifs is 7. The van der Waals surface area contributed by atoms with E-state index in [0.29, 0.717) is 0 Å². The lowest BCUT2D eigenvalue weighted by Gasteiger charge is -2.23. The highest BCUT2D eigenvalue weighted by Gasteiger charge is 2.37. The predicted molar refractivity (Wildman–Crippen MR) is 236 cm³/mol. The molecule has 0 atom stereocenters. The van der Waals surface area contributed by atoms with Crippen LogP contribution in [0.15, 0.2) is 194 Å². The van der Waals surface area contributed by atoms with Crippen LogP contribution in [0.2, 0.25) is 0 Å². The smallest absolute Gasteiger partial charge is 0.0159 e. The minimum absolute atomic E-state index is 0.0877. The van der Waals surface area contributed by atoms with E-state index < -0.39 is 0 Å². The minimum atomic E-state index is -0.0877. The molecule has 10 aromatic carbocycles. The van der Waals surface area contributed by atoms with Crippen molar-refractivity contribution in [3.05, 3.63) is 205 Å². The first-order chi connectivity index (χ1) is 27.0. The van der Waals surface area contributed by atoms with E-state index in [4.69, 9.17) is 0 Å². The molecule has 1 aliphatic carbocycles. The van der Waals surface area contributed by atoms with Gasteiger partial charge in [-0.3, -0.25) is 0 Å². The summed E-state index contributed by atoms with van der Waals surface area (Å²) in [5, 5.41) is 10.1. The highest BCUT2D eigenvalue weighted by Crippen LogP contribution is 2.54. The molecule has 0 unspecified atom stereocenters. The van der Waals surface area contributed by atoms with Crippen LogP contribution < -0.4 is 0 Å². The Balaban J connectivity index is 1.20. The van der Waals surface area contributed by atoms with E-state index in [2.05, 4.69) is 208 Å². The van der Waals surface area contributed by atoms with Crippen LogP contribution in [0.25, 0.3) is 98.7 Å². The van der Waals surface area contributed by atoms with Crippen LogP contribution in [-0.4, -0.2) is 0 Å². The maximum atomic E-state index is 2.46. The lowest BCUT2D eigenvalue weighted by atomic mass is 9.80. The number of hydrogen-bond donors (Lipinski definition) is 0. The molecule has 0 saturated heterocycles. The Morgan fingerprint density at radius 2 is 0.800 bits per heavy atom. The normalized spacial score (nSPS) is 13.1. The predicted octanol–water partition coefficient (Wildman–Crippen LogP) is 15.3. The lowest BCUT2D eigenvalue weighted by Crippen LogP contribution is -2.14. The molecule has 0 bridgehead atoms. The van der Waals surface area contributed by atoms with Crippen molar-refractivity contribution in [2.45, 2.75) is 19.3 Å². The maximum absolute atomic E-state index is 2.46. The van der Waals surface area contributed by atoms with Crippen LogP contribution in [0.3, 0.4) is 0 Å². The third kappa shape index (κ3) is 4.85. The molecule has 0 aliphatic heterocycles. The molecule has 55 heavy (non-hydrogen) atoms. The van der Waals surface area contributed by atoms with Crippen molar-refractivity contribution in [2.75, 3.05) is 0 Å². The molecule has 0 amide bonds. The van der Waals surface area contributed by atoms with E-state index in [1.165, 1.54) is 110 Å². The zero-order valence-electron chi connectivity index (χ0n) is 31.0. The van der Waals surface area contributed by atoms with E-state index in [9.17, 15) is 0 Å². The Hall–Kier alpha value is -6.76. The molecule has 258 valence electrons. The van der Waals surface area contributed by atoms with Crippen molar-refractivity contribution in [1.82, 2.24) is 0 Å². The van der Waals surface area contributed by atoms with E-state index in [1.54, 1.807) is 0 Å². The van der Waals surface area contributed by atoms with Gasteiger partial charge in [-0.05, 0) is 122 Å². The van der Waals surface area contributed by atoms with Gasteiger partial charge in [-0.15, -0.1) is 0 Å². The Kier molecular flexibility index (Phi) is 7.00. The van der Waals surface area contributed by atoms with Crippen LogP contribution in [0.1, 0.15) is 25.0 Å². The first-order valence-corrected chi connectivity index (χ1v) is 19.3. The van der Waals surface area contributed by atoms with Crippen molar-refractivity contribution >= 4 is 43.1 Å². The summed E-state index contributed by atoms with van der Waals surface area (Å²) in [5.41, 5.74) is 15.4. The molecular formula is C55H38. The summed E-state index contributed by atoms with van der Waals surface area (Å²) in [7, 11) is 0. The number of rotatable bonds is 4. The third-order valence-corrected chi connectivity index (χ3v) is 12.3. The first-order valence-electron chi connectivity index (χ1n) is 19.3. The van der Waals surface area contributed by atoms with Gasteiger partial charge in [-0.25, -0.2) is 0 Å². The zero-order chi connectivity index (χ0) is 36.7. The summed E-state index contributed by atoms with van der Waals surface area (Å²) in [6.07, 6.45) is 0. The molecule has 0 radical (unpaired) electrons. The molecule has 0 heterocycles. The molecule has 0 saturated carbocycles. The molecule has 0 N–H and O–H groups in total. The van der Waals surface area contributed by atoms with Crippen molar-refractivity contribution in [3.8, 4) is 55.6 Å². The molecule has 11 rings (SSSR count). The summed E-state index contributed by atoms with van der Waals surface area (Å²) in [5.74, 6) is 0. The van der Waals surface area contributed by atoms with Gasteiger partial charge in [-0.1, -0.05) is 196 Å². The topological polar surface area (TPSA) is 0 Å². The van der Waals surface area contributed by atoms with Gasteiger partial charge >= 0.3 is 0 Å². The second kappa shape index (κ2) is 12.1. The molecule has 0 heteroatoms. The van der Waals surface area contributed by atoms with Crippen LogP contribution >= 0.6 is 0 Å². The number of hydrogen-bond acceptors (Lipinski definition) is 0. The maximum Gasteiger partial charge on any atom is 0.0159 e. The van der Waals surface area contributed by atoms with Crippen LogP contribution in [0.4, 0.5) is 0 Å². The van der Waals surface area contributed by atoms with Gasteiger partial charge in [-0.2, -0.15) is 0 Å². The molecule has 0 nitrogen and oxygen atoms in total.